The number of aryl methyl sites for hydroxylation is 1. The van der Waals surface area contributed by atoms with Gasteiger partial charge in [-0.15, -0.1) is 0 Å². The Balaban J connectivity index is 2.07. The highest BCUT2D eigenvalue weighted by Gasteiger charge is 2.27. The van der Waals surface area contributed by atoms with Crippen LogP contribution >= 0.6 is 0 Å². The standard InChI is InChI=1S/C18H29NO2/c1-4-12-19-15-8-6-7-9-16(15)21-17-11-10-14(5-2)13-18(17)20-3/h10-11,13,15-16,19H,4-9,12H2,1-3H3. The molecule has 0 amide bonds. The Morgan fingerprint density at radius 2 is 1.95 bits per heavy atom. The summed E-state index contributed by atoms with van der Waals surface area (Å²) in [6.45, 7) is 5.43. The maximum atomic E-state index is 6.30. The Bertz CT molecular complexity index is 433. The summed E-state index contributed by atoms with van der Waals surface area (Å²) in [5, 5.41) is 3.64. The zero-order valence-corrected chi connectivity index (χ0v) is 13.7. The van der Waals surface area contributed by atoms with Crippen molar-refractivity contribution in [1.29, 1.82) is 0 Å². The van der Waals surface area contributed by atoms with Gasteiger partial charge in [0.2, 0.25) is 0 Å². The van der Waals surface area contributed by atoms with Crippen molar-refractivity contribution in [2.45, 2.75) is 64.5 Å². The molecule has 1 fully saturated rings. The lowest BCUT2D eigenvalue weighted by molar-refractivity contribution is 0.110. The normalized spacial score (nSPS) is 22.0. The second-order valence-electron chi connectivity index (χ2n) is 5.84. The molecule has 0 saturated heterocycles. The Hall–Kier alpha value is -1.22. The van der Waals surface area contributed by atoms with Crippen LogP contribution in [0.4, 0.5) is 0 Å². The summed E-state index contributed by atoms with van der Waals surface area (Å²) >= 11 is 0. The van der Waals surface area contributed by atoms with Gasteiger partial charge in [-0.1, -0.05) is 26.3 Å². The van der Waals surface area contributed by atoms with E-state index in [-0.39, 0.29) is 6.10 Å². The minimum Gasteiger partial charge on any atom is -0.493 e. The van der Waals surface area contributed by atoms with Crippen molar-refractivity contribution in [3.63, 3.8) is 0 Å². The highest BCUT2D eigenvalue weighted by Crippen LogP contribution is 2.32. The SMILES string of the molecule is CCCNC1CCCCC1Oc1ccc(CC)cc1OC. The molecule has 0 aliphatic heterocycles. The van der Waals surface area contributed by atoms with E-state index < -0.39 is 0 Å². The largest absolute Gasteiger partial charge is 0.493 e. The third-order valence-corrected chi connectivity index (χ3v) is 4.27. The van der Waals surface area contributed by atoms with Crippen LogP contribution in [0.3, 0.4) is 0 Å². The molecule has 1 aliphatic rings. The molecule has 3 heteroatoms. The second-order valence-corrected chi connectivity index (χ2v) is 5.84. The number of nitrogens with one attached hydrogen (secondary N) is 1. The van der Waals surface area contributed by atoms with Crippen LogP contribution in [0, 0.1) is 0 Å². The van der Waals surface area contributed by atoms with Crippen LogP contribution in [0.5, 0.6) is 11.5 Å². The van der Waals surface area contributed by atoms with Crippen molar-refractivity contribution >= 4 is 0 Å². The topological polar surface area (TPSA) is 30.5 Å². The van der Waals surface area contributed by atoms with E-state index in [1.165, 1.54) is 24.8 Å². The van der Waals surface area contributed by atoms with Crippen LogP contribution in [0.2, 0.25) is 0 Å². The number of rotatable bonds is 7. The molecule has 0 bridgehead atoms. The molecule has 118 valence electrons. The molecule has 1 aliphatic carbocycles. The first-order chi connectivity index (χ1) is 10.3. The second kappa shape index (κ2) is 8.28. The molecule has 2 atom stereocenters. The summed E-state index contributed by atoms with van der Waals surface area (Å²) in [5.41, 5.74) is 1.28. The van der Waals surface area contributed by atoms with Crippen molar-refractivity contribution in [3.05, 3.63) is 23.8 Å². The Kier molecular flexibility index (Phi) is 6.37. The molecule has 0 radical (unpaired) electrons. The van der Waals surface area contributed by atoms with E-state index in [9.17, 15) is 0 Å². The third-order valence-electron chi connectivity index (χ3n) is 4.27. The molecule has 1 aromatic carbocycles. The van der Waals surface area contributed by atoms with Crippen LogP contribution in [0.25, 0.3) is 0 Å². The van der Waals surface area contributed by atoms with Crippen molar-refractivity contribution in [3.8, 4) is 11.5 Å². The van der Waals surface area contributed by atoms with Crippen molar-refractivity contribution in [2.75, 3.05) is 13.7 Å². The summed E-state index contributed by atoms with van der Waals surface area (Å²) in [5.74, 6) is 1.74. The Labute approximate surface area is 129 Å². The zero-order chi connectivity index (χ0) is 15.1. The maximum absolute atomic E-state index is 6.30. The van der Waals surface area contributed by atoms with Gasteiger partial charge in [-0.25, -0.2) is 0 Å². The monoisotopic (exact) mass is 291 g/mol. The van der Waals surface area contributed by atoms with Crippen LogP contribution in [0.1, 0.15) is 51.5 Å². The van der Waals surface area contributed by atoms with Gasteiger partial charge in [0.25, 0.3) is 0 Å². The van der Waals surface area contributed by atoms with E-state index in [4.69, 9.17) is 9.47 Å². The van der Waals surface area contributed by atoms with Crippen LogP contribution in [-0.2, 0) is 6.42 Å². The predicted octanol–water partition coefficient (Wildman–Crippen LogP) is 3.95. The summed E-state index contributed by atoms with van der Waals surface area (Å²) in [7, 11) is 1.72. The summed E-state index contributed by atoms with van der Waals surface area (Å²) < 4.78 is 11.8. The molecule has 3 nitrogen and oxygen atoms in total. The first-order valence-electron chi connectivity index (χ1n) is 8.35. The minimum atomic E-state index is 0.256. The highest BCUT2D eigenvalue weighted by atomic mass is 16.5. The molecule has 1 saturated carbocycles. The van der Waals surface area contributed by atoms with Gasteiger partial charge in [0.05, 0.1) is 7.11 Å². The molecule has 0 heterocycles. The number of methoxy groups -OCH3 is 1. The van der Waals surface area contributed by atoms with Gasteiger partial charge in [-0.3, -0.25) is 0 Å². The molecule has 2 unspecified atom stereocenters. The lowest BCUT2D eigenvalue weighted by atomic mass is 9.92. The summed E-state index contributed by atoms with van der Waals surface area (Å²) in [4.78, 5) is 0. The molecule has 1 aromatic rings. The van der Waals surface area contributed by atoms with Crippen LogP contribution in [0.15, 0.2) is 18.2 Å². The van der Waals surface area contributed by atoms with Crippen molar-refractivity contribution in [2.24, 2.45) is 0 Å². The van der Waals surface area contributed by atoms with E-state index in [0.29, 0.717) is 6.04 Å². The molecular formula is C18H29NO2. The van der Waals surface area contributed by atoms with Gasteiger partial charge in [-0.2, -0.15) is 0 Å². The lowest BCUT2D eigenvalue weighted by Gasteiger charge is -2.33. The van der Waals surface area contributed by atoms with E-state index in [1.807, 2.05) is 0 Å². The average Bonchev–Trinajstić information content (AvgIpc) is 2.54. The van der Waals surface area contributed by atoms with Gasteiger partial charge < -0.3 is 14.8 Å². The van der Waals surface area contributed by atoms with E-state index in [1.54, 1.807) is 7.11 Å². The first kappa shape index (κ1) is 16.2. The highest BCUT2D eigenvalue weighted by molar-refractivity contribution is 5.43. The van der Waals surface area contributed by atoms with Gasteiger partial charge >= 0.3 is 0 Å². The van der Waals surface area contributed by atoms with E-state index >= 15 is 0 Å². The molecule has 0 spiro atoms. The van der Waals surface area contributed by atoms with Gasteiger partial charge in [0.15, 0.2) is 11.5 Å². The van der Waals surface area contributed by atoms with Crippen LogP contribution in [-0.4, -0.2) is 25.8 Å². The average molecular weight is 291 g/mol. The molecule has 2 rings (SSSR count). The van der Waals surface area contributed by atoms with Crippen LogP contribution < -0.4 is 14.8 Å². The Morgan fingerprint density at radius 1 is 1.14 bits per heavy atom. The van der Waals surface area contributed by atoms with E-state index in [0.717, 1.165) is 37.3 Å². The van der Waals surface area contributed by atoms with Crippen molar-refractivity contribution < 1.29 is 9.47 Å². The quantitative estimate of drug-likeness (QED) is 0.825. The zero-order valence-electron chi connectivity index (χ0n) is 13.7. The lowest BCUT2D eigenvalue weighted by Crippen LogP contribution is -2.45. The minimum absolute atomic E-state index is 0.256. The molecule has 21 heavy (non-hydrogen) atoms. The fraction of sp³-hybridized carbons (Fsp3) is 0.667. The van der Waals surface area contributed by atoms with Crippen molar-refractivity contribution in [1.82, 2.24) is 5.32 Å². The fourth-order valence-corrected chi connectivity index (χ4v) is 2.99. The number of ether oxygens (including phenoxy) is 2. The number of benzene rings is 1. The predicted molar refractivity (Wildman–Crippen MR) is 87.3 cm³/mol. The molecule has 1 N–H and O–H groups in total. The smallest absolute Gasteiger partial charge is 0.161 e. The number of hydrogen-bond acceptors (Lipinski definition) is 3. The summed E-state index contributed by atoms with van der Waals surface area (Å²) in [6, 6.07) is 6.75. The third kappa shape index (κ3) is 4.37. The van der Waals surface area contributed by atoms with E-state index in [2.05, 4.69) is 37.4 Å². The Morgan fingerprint density at radius 3 is 2.67 bits per heavy atom. The first-order valence-corrected chi connectivity index (χ1v) is 8.35. The van der Waals surface area contributed by atoms with Gasteiger partial charge in [0, 0.05) is 6.04 Å². The number of hydrogen-bond donors (Lipinski definition) is 1. The molecular weight excluding hydrogens is 262 g/mol. The molecule has 0 aromatic heterocycles. The summed E-state index contributed by atoms with van der Waals surface area (Å²) in [6.07, 6.45) is 7.32. The van der Waals surface area contributed by atoms with Gasteiger partial charge in [0.1, 0.15) is 6.10 Å². The maximum Gasteiger partial charge on any atom is 0.161 e. The fourth-order valence-electron chi connectivity index (χ4n) is 2.99. The van der Waals surface area contributed by atoms with Gasteiger partial charge in [-0.05, 0) is 56.3 Å².